The van der Waals surface area contributed by atoms with Crippen LogP contribution < -0.4 is 10.5 Å². The van der Waals surface area contributed by atoms with Crippen molar-refractivity contribution >= 4 is 11.4 Å². The summed E-state index contributed by atoms with van der Waals surface area (Å²) in [5, 5.41) is 11.2. The first-order valence-electron chi connectivity index (χ1n) is 4.40. The zero-order valence-electron chi connectivity index (χ0n) is 8.27. The highest BCUT2D eigenvalue weighted by atomic mass is 16.5. The van der Waals surface area contributed by atoms with Crippen molar-refractivity contribution in [2.75, 3.05) is 7.11 Å². The van der Waals surface area contributed by atoms with Gasteiger partial charge in [-0.2, -0.15) is 10.1 Å². The molecule has 2 aromatic rings. The fraction of sp³-hybridized carbons (Fsp3) is 0.222. The Hall–Kier alpha value is -2.11. The zero-order valence-corrected chi connectivity index (χ0v) is 8.27. The van der Waals surface area contributed by atoms with Crippen molar-refractivity contribution in [3.05, 3.63) is 24.2 Å². The standard InChI is InChI=1S/C9H11N5O/c1-15-9-7-2-6(3-8(10)11)4-14(7)13-5-12-9/h2,4-5H,3H2,1H3,(H3,10,11). The molecule has 0 spiro atoms. The Kier molecular flexibility index (Phi) is 2.24. The van der Waals surface area contributed by atoms with Crippen molar-refractivity contribution in [2.24, 2.45) is 5.73 Å². The van der Waals surface area contributed by atoms with Gasteiger partial charge < -0.3 is 10.5 Å². The number of nitrogens with two attached hydrogens (primary N) is 1. The Bertz CT molecular complexity index is 504. The third-order valence-corrected chi connectivity index (χ3v) is 2.02. The van der Waals surface area contributed by atoms with Crippen molar-refractivity contribution < 1.29 is 4.74 Å². The topological polar surface area (TPSA) is 89.3 Å². The van der Waals surface area contributed by atoms with E-state index in [0.717, 1.165) is 11.1 Å². The van der Waals surface area contributed by atoms with Crippen LogP contribution >= 0.6 is 0 Å². The van der Waals surface area contributed by atoms with Crippen molar-refractivity contribution in [1.29, 1.82) is 5.41 Å². The molecule has 2 rings (SSSR count). The van der Waals surface area contributed by atoms with E-state index in [2.05, 4.69) is 10.1 Å². The Labute approximate surface area is 86.2 Å². The molecule has 0 atom stereocenters. The smallest absolute Gasteiger partial charge is 0.241 e. The van der Waals surface area contributed by atoms with E-state index >= 15 is 0 Å². The second-order valence-corrected chi connectivity index (χ2v) is 3.15. The molecule has 6 heteroatoms. The van der Waals surface area contributed by atoms with Crippen LogP contribution in [-0.4, -0.2) is 27.5 Å². The lowest BCUT2D eigenvalue weighted by Gasteiger charge is -1.98. The van der Waals surface area contributed by atoms with Crippen LogP contribution in [0.4, 0.5) is 0 Å². The summed E-state index contributed by atoms with van der Waals surface area (Å²) in [6.07, 6.45) is 3.64. The van der Waals surface area contributed by atoms with E-state index in [1.165, 1.54) is 6.33 Å². The molecule has 0 aliphatic rings. The van der Waals surface area contributed by atoms with Gasteiger partial charge in [-0.3, -0.25) is 5.41 Å². The van der Waals surface area contributed by atoms with Gasteiger partial charge in [-0.15, -0.1) is 0 Å². The number of rotatable bonds is 3. The minimum Gasteiger partial charge on any atom is -0.479 e. The van der Waals surface area contributed by atoms with Crippen molar-refractivity contribution in [3.8, 4) is 5.88 Å². The summed E-state index contributed by atoms with van der Waals surface area (Å²) in [7, 11) is 1.56. The van der Waals surface area contributed by atoms with Crippen LogP contribution in [0.15, 0.2) is 18.6 Å². The molecule has 2 heterocycles. The lowest BCUT2D eigenvalue weighted by molar-refractivity contribution is 0.399. The first-order chi connectivity index (χ1) is 7.20. The van der Waals surface area contributed by atoms with E-state index in [0.29, 0.717) is 12.3 Å². The van der Waals surface area contributed by atoms with E-state index in [-0.39, 0.29) is 5.84 Å². The number of ether oxygens (including phenoxy) is 1. The highest BCUT2D eigenvalue weighted by Crippen LogP contribution is 2.17. The quantitative estimate of drug-likeness (QED) is 0.554. The number of nitrogens with zero attached hydrogens (tertiary/aromatic N) is 3. The van der Waals surface area contributed by atoms with Crippen LogP contribution in [0.2, 0.25) is 0 Å². The molecule has 0 aliphatic heterocycles. The van der Waals surface area contributed by atoms with Crippen LogP contribution in [-0.2, 0) is 6.42 Å². The van der Waals surface area contributed by atoms with Crippen LogP contribution in [0.1, 0.15) is 5.56 Å². The number of methoxy groups -OCH3 is 1. The molecular formula is C9H11N5O. The summed E-state index contributed by atoms with van der Waals surface area (Å²) < 4.78 is 6.75. The molecule has 0 saturated carbocycles. The van der Waals surface area contributed by atoms with Crippen LogP contribution in [0.5, 0.6) is 5.88 Å². The molecule has 0 bridgehead atoms. The molecule has 6 nitrogen and oxygen atoms in total. The first kappa shape index (κ1) is 9.45. The lowest BCUT2D eigenvalue weighted by atomic mass is 10.2. The largest absolute Gasteiger partial charge is 0.479 e. The van der Waals surface area contributed by atoms with Crippen LogP contribution in [0.25, 0.3) is 5.52 Å². The van der Waals surface area contributed by atoms with Crippen LogP contribution in [0.3, 0.4) is 0 Å². The zero-order chi connectivity index (χ0) is 10.8. The van der Waals surface area contributed by atoms with Gasteiger partial charge in [0, 0.05) is 12.6 Å². The van der Waals surface area contributed by atoms with Gasteiger partial charge in [0.2, 0.25) is 5.88 Å². The van der Waals surface area contributed by atoms with Gasteiger partial charge >= 0.3 is 0 Å². The van der Waals surface area contributed by atoms with E-state index in [9.17, 15) is 0 Å². The summed E-state index contributed by atoms with van der Waals surface area (Å²) in [4.78, 5) is 3.98. The molecule has 3 N–H and O–H groups in total. The van der Waals surface area contributed by atoms with Gasteiger partial charge in [-0.25, -0.2) is 4.52 Å². The fourth-order valence-corrected chi connectivity index (χ4v) is 1.43. The summed E-state index contributed by atoms with van der Waals surface area (Å²) in [5.41, 5.74) is 7.02. The number of hydrogen-bond acceptors (Lipinski definition) is 4. The molecule has 0 saturated heterocycles. The predicted molar refractivity (Wildman–Crippen MR) is 55.2 cm³/mol. The third kappa shape index (κ3) is 1.74. The molecule has 0 aliphatic carbocycles. The Morgan fingerprint density at radius 2 is 2.47 bits per heavy atom. The van der Waals surface area contributed by atoms with Crippen molar-refractivity contribution in [1.82, 2.24) is 14.6 Å². The first-order valence-corrected chi connectivity index (χ1v) is 4.40. The Morgan fingerprint density at radius 1 is 1.67 bits per heavy atom. The normalized spacial score (nSPS) is 10.5. The van der Waals surface area contributed by atoms with E-state index < -0.39 is 0 Å². The second kappa shape index (κ2) is 3.56. The molecule has 2 aromatic heterocycles. The fourth-order valence-electron chi connectivity index (χ4n) is 1.43. The minimum atomic E-state index is 0.123. The van der Waals surface area contributed by atoms with E-state index in [4.69, 9.17) is 15.9 Å². The molecule has 0 aromatic carbocycles. The number of hydrogen-bond donors (Lipinski definition) is 2. The highest BCUT2D eigenvalue weighted by Gasteiger charge is 2.07. The van der Waals surface area contributed by atoms with Gasteiger partial charge in [0.05, 0.1) is 12.9 Å². The van der Waals surface area contributed by atoms with Gasteiger partial charge in [-0.1, -0.05) is 0 Å². The summed E-state index contributed by atoms with van der Waals surface area (Å²) in [6.45, 7) is 0. The molecule has 0 fully saturated rings. The van der Waals surface area contributed by atoms with Gasteiger partial charge in [-0.05, 0) is 11.6 Å². The van der Waals surface area contributed by atoms with Crippen molar-refractivity contribution in [2.45, 2.75) is 6.42 Å². The molecule has 0 amide bonds. The number of nitrogens with one attached hydrogen (secondary N) is 1. The average Bonchev–Trinajstić information content (AvgIpc) is 2.58. The molecular weight excluding hydrogens is 194 g/mol. The molecule has 78 valence electrons. The SMILES string of the molecule is COc1ncnn2cc(CC(=N)N)cc12. The maximum Gasteiger partial charge on any atom is 0.241 e. The van der Waals surface area contributed by atoms with Gasteiger partial charge in [0.1, 0.15) is 11.8 Å². The van der Waals surface area contributed by atoms with E-state index in [1.807, 2.05) is 6.07 Å². The monoisotopic (exact) mass is 205 g/mol. The number of fused-ring (bicyclic) bond motifs is 1. The number of amidine groups is 1. The second-order valence-electron chi connectivity index (χ2n) is 3.15. The van der Waals surface area contributed by atoms with E-state index in [1.54, 1.807) is 17.8 Å². The van der Waals surface area contributed by atoms with Gasteiger partial charge in [0.15, 0.2) is 0 Å². The minimum absolute atomic E-state index is 0.123. The lowest BCUT2D eigenvalue weighted by Crippen LogP contribution is -2.11. The molecule has 15 heavy (non-hydrogen) atoms. The van der Waals surface area contributed by atoms with Crippen molar-refractivity contribution in [3.63, 3.8) is 0 Å². The molecule has 0 unspecified atom stereocenters. The Balaban J connectivity index is 2.50. The summed E-state index contributed by atoms with van der Waals surface area (Å²) >= 11 is 0. The number of aromatic nitrogens is 3. The molecule has 0 radical (unpaired) electrons. The summed E-state index contributed by atoms with van der Waals surface area (Å²) in [6, 6.07) is 1.86. The third-order valence-electron chi connectivity index (χ3n) is 2.02. The average molecular weight is 205 g/mol. The summed E-state index contributed by atoms with van der Waals surface area (Å²) in [5.74, 6) is 0.637. The highest BCUT2D eigenvalue weighted by molar-refractivity contribution is 5.80. The van der Waals surface area contributed by atoms with Gasteiger partial charge in [0.25, 0.3) is 0 Å². The predicted octanol–water partition coefficient (Wildman–Crippen LogP) is 0.216. The Morgan fingerprint density at radius 3 is 3.13 bits per heavy atom. The maximum absolute atomic E-state index is 7.21. The maximum atomic E-state index is 7.21. The van der Waals surface area contributed by atoms with Crippen LogP contribution in [0, 0.1) is 5.41 Å².